The number of carboxylic acid groups (broad SMARTS) is 2. The number of hydrogen-bond donors (Lipinski definition) is 3. The Kier molecular flexibility index (Phi) is 5.44. The highest BCUT2D eigenvalue weighted by atomic mass is 32.1. The molecule has 110 valence electrons. The van der Waals surface area contributed by atoms with E-state index in [-0.39, 0.29) is 6.54 Å². The Morgan fingerprint density at radius 2 is 2.10 bits per heavy atom. The van der Waals surface area contributed by atoms with Crippen molar-refractivity contribution in [2.45, 2.75) is 25.9 Å². The molecule has 0 aliphatic heterocycles. The van der Waals surface area contributed by atoms with Crippen molar-refractivity contribution >= 4 is 29.3 Å². The van der Waals surface area contributed by atoms with Crippen molar-refractivity contribution < 1.29 is 24.6 Å². The van der Waals surface area contributed by atoms with Crippen LogP contribution in [0.15, 0.2) is 5.51 Å². The van der Waals surface area contributed by atoms with E-state index in [0.29, 0.717) is 0 Å². The van der Waals surface area contributed by atoms with Gasteiger partial charge in [0.2, 0.25) is 0 Å². The molecule has 0 saturated heterocycles. The van der Waals surface area contributed by atoms with Gasteiger partial charge in [-0.2, -0.15) is 0 Å². The van der Waals surface area contributed by atoms with Crippen LogP contribution in [0.1, 0.15) is 17.0 Å². The molecule has 1 aromatic heterocycles. The third kappa shape index (κ3) is 4.50. The Bertz CT molecular complexity index is 516. The molecule has 20 heavy (non-hydrogen) atoms. The zero-order valence-corrected chi connectivity index (χ0v) is 11.8. The van der Waals surface area contributed by atoms with Crippen molar-refractivity contribution in [3.8, 4) is 0 Å². The molecule has 1 heterocycles. The number of urea groups is 1. The van der Waals surface area contributed by atoms with Crippen LogP contribution in [0.4, 0.5) is 4.79 Å². The van der Waals surface area contributed by atoms with Gasteiger partial charge in [-0.3, -0.25) is 4.79 Å². The van der Waals surface area contributed by atoms with Gasteiger partial charge < -0.3 is 20.4 Å². The number of carbonyl (C=O) groups is 3. The van der Waals surface area contributed by atoms with Crippen LogP contribution in [-0.2, 0) is 16.1 Å². The van der Waals surface area contributed by atoms with Crippen molar-refractivity contribution in [2.24, 2.45) is 0 Å². The van der Waals surface area contributed by atoms with E-state index < -0.39 is 30.4 Å². The van der Waals surface area contributed by atoms with Crippen molar-refractivity contribution in [1.29, 1.82) is 0 Å². The molecule has 9 heteroatoms. The van der Waals surface area contributed by atoms with Crippen molar-refractivity contribution in [1.82, 2.24) is 15.2 Å². The monoisotopic (exact) mass is 301 g/mol. The fourth-order valence-electron chi connectivity index (χ4n) is 1.40. The van der Waals surface area contributed by atoms with Crippen LogP contribution in [0.25, 0.3) is 0 Å². The predicted molar refractivity (Wildman–Crippen MR) is 70.5 cm³/mol. The van der Waals surface area contributed by atoms with Gasteiger partial charge in [0.25, 0.3) is 0 Å². The van der Waals surface area contributed by atoms with E-state index in [1.165, 1.54) is 23.3 Å². The third-order valence-electron chi connectivity index (χ3n) is 2.55. The number of thiazole rings is 1. The summed E-state index contributed by atoms with van der Waals surface area (Å²) in [5, 5.41) is 19.6. The summed E-state index contributed by atoms with van der Waals surface area (Å²) in [6.07, 6.45) is -0.672. The second kappa shape index (κ2) is 6.85. The molecule has 0 fully saturated rings. The zero-order valence-electron chi connectivity index (χ0n) is 11.0. The summed E-state index contributed by atoms with van der Waals surface area (Å²) in [6, 6.07) is -2.10. The van der Waals surface area contributed by atoms with E-state index in [1.807, 2.05) is 6.92 Å². The molecular formula is C11H15N3O5S. The molecule has 0 aliphatic rings. The first kappa shape index (κ1) is 15.9. The maximum absolute atomic E-state index is 11.8. The highest BCUT2D eigenvalue weighted by molar-refractivity contribution is 7.09. The molecule has 8 nitrogen and oxygen atoms in total. The number of nitrogens with one attached hydrogen (secondary N) is 1. The number of nitrogens with zero attached hydrogens (tertiary/aromatic N) is 2. The van der Waals surface area contributed by atoms with Gasteiger partial charge in [0.1, 0.15) is 6.04 Å². The lowest BCUT2D eigenvalue weighted by Crippen LogP contribution is -2.47. The maximum atomic E-state index is 11.8. The number of rotatable bonds is 6. The Balaban J connectivity index is 2.62. The van der Waals surface area contributed by atoms with Crippen LogP contribution in [0.5, 0.6) is 0 Å². The number of aryl methyl sites for hydroxylation is 1. The zero-order chi connectivity index (χ0) is 15.3. The highest BCUT2D eigenvalue weighted by Gasteiger charge is 2.24. The first-order chi connectivity index (χ1) is 9.31. The normalized spacial score (nSPS) is 11.7. The van der Waals surface area contributed by atoms with Crippen LogP contribution in [0.2, 0.25) is 0 Å². The Morgan fingerprint density at radius 1 is 1.45 bits per heavy atom. The van der Waals surface area contributed by atoms with Gasteiger partial charge in [0, 0.05) is 11.9 Å². The van der Waals surface area contributed by atoms with Gasteiger partial charge in [-0.15, -0.1) is 11.3 Å². The average Bonchev–Trinajstić information content (AvgIpc) is 2.73. The lowest BCUT2D eigenvalue weighted by Gasteiger charge is -2.20. The van der Waals surface area contributed by atoms with Crippen LogP contribution in [-0.4, -0.2) is 51.2 Å². The van der Waals surface area contributed by atoms with Crippen molar-refractivity contribution in [2.75, 3.05) is 7.05 Å². The molecule has 1 rings (SSSR count). The fourth-order valence-corrected chi connectivity index (χ4v) is 2.23. The first-order valence-electron chi connectivity index (χ1n) is 5.66. The number of carboxylic acids is 2. The maximum Gasteiger partial charge on any atom is 0.326 e. The Hall–Kier alpha value is -2.16. The van der Waals surface area contributed by atoms with Gasteiger partial charge in [-0.05, 0) is 6.92 Å². The molecule has 0 aliphatic carbocycles. The quantitative estimate of drug-likeness (QED) is 0.704. The number of aliphatic carboxylic acids is 2. The molecular weight excluding hydrogens is 286 g/mol. The molecule has 3 N–H and O–H groups in total. The minimum atomic E-state index is -1.45. The van der Waals surface area contributed by atoms with Gasteiger partial charge in [0.05, 0.1) is 24.2 Å². The van der Waals surface area contributed by atoms with Gasteiger partial charge >= 0.3 is 18.0 Å². The number of carbonyl (C=O) groups excluding carboxylic acids is 1. The van der Waals surface area contributed by atoms with Gasteiger partial charge in [-0.25, -0.2) is 14.6 Å². The third-order valence-corrected chi connectivity index (χ3v) is 3.47. The Morgan fingerprint density at radius 3 is 2.55 bits per heavy atom. The lowest BCUT2D eigenvalue weighted by molar-refractivity contribution is -0.145. The van der Waals surface area contributed by atoms with Crippen LogP contribution >= 0.6 is 11.3 Å². The van der Waals surface area contributed by atoms with Crippen molar-refractivity contribution in [3.63, 3.8) is 0 Å². The summed E-state index contributed by atoms with van der Waals surface area (Å²) >= 11 is 1.39. The summed E-state index contributed by atoms with van der Waals surface area (Å²) in [4.78, 5) is 39.4. The molecule has 2 amide bonds. The van der Waals surface area contributed by atoms with Crippen LogP contribution in [0.3, 0.4) is 0 Å². The molecule has 0 unspecified atom stereocenters. The highest BCUT2D eigenvalue weighted by Crippen LogP contribution is 2.14. The van der Waals surface area contributed by atoms with E-state index in [2.05, 4.69) is 10.3 Å². The standard InChI is InChI=1S/C11H15N3O5S/c1-6-8(20-5-12-6)4-14(2)11(19)13-7(10(17)18)3-9(15)16/h5,7H,3-4H2,1-2H3,(H,13,19)(H,15,16)(H,17,18)/t7-/m0/s1. The van der Waals surface area contributed by atoms with E-state index in [0.717, 1.165) is 10.6 Å². The summed E-state index contributed by atoms with van der Waals surface area (Å²) in [7, 11) is 1.49. The molecule has 1 atom stereocenters. The molecule has 0 saturated carbocycles. The largest absolute Gasteiger partial charge is 0.481 e. The van der Waals surface area contributed by atoms with E-state index in [1.54, 1.807) is 5.51 Å². The lowest BCUT2D eigenvalue weighted by atomic mass is 10.2. The average molecular weight is 301 g/mol. The second-order valence-corrected chi connectivity index (χ2v) is 5.09. The first-order valence-corrected chi connectivity index (χ1v) is 6.54. The van der Waals surface area contributed by atoms with Crippen molar-refractivity contribution in [3.05, 3.63) is 16.1 Å². The van der Waals surface area contributed by atoms with Gasteiger partial charge in [-0.1, -0.05) is 0 Å². The van der Waals surface area contributed by atoms with Crippen LogP contribution < -0.4 is 5.32 Å². The second-order valence-electron chi connectivity index (χ2n) is 4.16. The number of hydrogen-bond acceptors (Lipinski definition) is 5. The summed E-state index contributed by atoms with van der Waals surface area (Å²) < 4.78 is 0. The van der Waals surface area contributed by atoms with Gasteiger partial charge in [0.15, 0.2) is 0 Å². The Labute approximate surface area is 119 Å². The van der Waals surface area contributed by atoms with E-state index >= 15 is 0 Å². The summed E-state index contributed by atoms with van der Waals surface area (Å²) in [5.41, 5.74) is 2.45. The predicted octanol–water partition coefficient (Wildman–Crippen LogP) is 0.521. The molecule has 0 bridgehead atoms. The van der Waals surface area contributed by atoms with E-state index in [9.17, 15) is 14.4 Å². The minimum Gasteiger partial charge on any atom is -0.481 e. The summed E-state index contributed by atoms with van der Waals surface area (Å²) in [5.74, 6) is -2.68. The SMILES string of the molecule is Cc1ncsc1CN(C)C(=O)N[C@@H](CC(=O)O)C(=O)O. The smallest absolute Gasteiger partial charge is 0.326 e. The molecule has 1 aromatic rings. The fraction of sp³-hybridized carbons (Fsp3) is 0.455. The molecule has 0 spiro atoms. The van der Waals surface area contributed by atoms with Crippen LogP contribution in [0, 0.1) is 6.92 Å². The topological polar surface area (TPSA) is 120 Å². The minimum absolute atomic E-state index is 0.280. The van der Waals surface area contributed by atoms with E-state index in [4.69, 9.17) is 10.2 Å². The number of amides is 2. The summed E-state index contributed by atoms with van der Waals surface area (Å²) in [6.45, 7) is 2.09. The number of aromatic nitrogens is 1. The molecule has 0 radical (unpaired) electrons. The molecule has 0 aromatic carbocycles.